The third kappa shape index (κ3) is 4.06. The maximum absolute atomic E-state index is 14.2. The van der Waals surface area contributed by atoms with Crippen molar-refractivity contribution in [2.24, 2.45) is 0 Å². The molecule has 2 aromatic rings. The average molecular weight is 477 g/mol. The SMILES string of the molecule is CCCOC1CC2(C1)CN(C)C(=O)c1c(O)c(=O)c(C(=O)CCc3cccc(Cl)c3F)cn12. The van der Waals surface area contributed by atoms with Gasteiger partial charge in [0.15, 0.2) is 17.2 Å². The number of pyridine rings is 1. The number of aromatic nitrogens is 1. The van der Waals surface area contributed by atoms with Crippen LogP contribution in [0.25, 0.3) is 0 Å². The van der Waals surface area contributed by atoms with Crippen LogP contribution in [-0.2, 0) is 16.7 Å². The summed E-state index contributed by atoms with van der Waals surface area (Å²) < 4.78 is 21.6. The van der Waals surface area contributed by atoms with E-state index >= 15 is 0 Å². The number of Topliss-reactive ketones (excluding diaryl/α,β-unsaturated/α-hetero) is 1. The van der Waals surface area contributed by atoms with Gasteiger partial charge in [-0.25, -0.2) is 4.39 Å². The van der Waals surface area contributed by atoms with Crippen LogP contribution in [0.3, 0.4) is 0 Å². The normalized spacial score (nSPS) is 21.8. The maximum Gasteiger partial charge on any atom is 0.274 e. The quantitative estimate of drug-likeness (QED) is 0.617. The minimum absolute atomic E-state index is 0.00549. The van der Waals surface area contributed by atoms with Crippen LogP contribution in [0.2, 0.25) is 5.02 Å². The first-order chi connectivity index (χ1) is 15.7. The largest absolute Gasteiger partial charge is 0.503 e. The zero-order valence-corrected chi connectivity index (χ0v) is 19.3. The number of ketones is 1. The van der Waals surface area contributed by atoms with Crippen molar-refractivity contribution < 1.29 is 23.8 Å². The molecule has 1 saturated carbocycles. The predicted octanol–water partition coefficient (Wildman–Crippen LogP) is 3.53. The van der Waals surface area contributed by atoms with Crippen LogP contribution in [0, 0.1) is 5.82 Å². The van der Waals surface area contributed by atoms with Crippen LogP contribution in [0.1, 0.15) is 59.0 Å². The van der Waals surface area contributed by atoms with Crippen LogP contribution >= 0.6 is 11.6 Å². The highest BCUT2D eigenvalue weighted by atomic mass is 35.5. The van der Waals surface area contributed by atoms with Gasteiger partial charge in [0, 0.05) is 32.8 Å². The molecule has 4 rings (SSSR count). The Labute approximate surface area is 195 Å². The van der Waals surface area contributed by atoms with E-state index in [-0.39, 0.29) is 40.8 Å². The molecule has 0 saturated heterocycles. The van der Waals surface area contributed by atoms with Crippen molar-refractivity contribution >= 4 is 23.3 Å². The lowest BCUT2D eigenvalue weighted by Gasteiger charge is -2.53. The predicted molar refractivity (Wildman–Crippen MR) is 121 cm³/mol. The van der Waals surface area contributed by atoms with Gasteiger partial charge in [0.1, 0.15) is 5.82 Å². The highest BCUT2D eigenvalue weighted by molar-refractivity contribution is 6.30. The molecule has 0 atom stereocenters. The molecule has 7 nitrogen and oxygen atoms in total. The number of amides is 1. The zero-order chi connectivity index (χ0) is 23.9. The number of likely N-dealkylation sites (N-methyl/N-ethyl adjacent to an activating group) is 1. The monoisotopic (exact) mass is 476 g/mol. The third-order valence-corrected chi connectivity index (χ3v) is 6.79. The van der Waals surface area contributed by atoms with Gasteiger partial charge < -0.3 is 19.3 Å². The fraction of sp³-hybridized carbons (Fsp3) is 0.458. The van der Waals surface area contributed by atoms with Gasteiger partial charge in [-0.3, -0.25) is 14.4 Å². The van der Waals surface area contributed by atoms with Crippen molar-refractivity contribution in [3.05, 3.63) is 62.3 Å². The lowest BCUT2D eigenvalue weighted by atomic mass is 9.72. The number of benzene rings is 1. The van der Waals surface area contributed by atoms with Crippen molar-refractivity contribution in [2.75, 3.05) is 20.2 Å². The topological polar surface area (TPSA) is 88.8 Å². The molecule has 0 radical (unpaired) electrons. The van der Waals surface area contributed by atoms with E-state index in [4.69, 9.17) is 16.3 Å². The second-order valence-corrected chi connectivity index (χ2v) is 9.27. The van der Waals surface area contributed by atoms with Crippen LogP contribution < -0.4 is 5.43 Å². The summed E-state index contributed by atoms with van der Waals surface area (Å²) in [6.45, 7) is 3.03. The van der Waals surface area contributed by atoms with Crippen LogP contribution in [-0.4, -0.2) is 52.6 Å². The van der Waals surface area contributed by atoms with Gasteiger partial charge in [0.05, 0.1) is 22.2 Å². The first-order valence-corrected chi connectivity index (χ1v) is 11.4. The van der Waals surface area contributed by atoms with E-state index in [0.717, 1.165) is 6.42 Å². The van der Waals surface area contributed by atoms with Crippen molar-refractivity contribution in [2.45, 2.75) is 50.7 Å². The summed E-state index contributed by atoms with van der Waals surface area (Å²) in [6.07, 6.45) is 3.38. The second-order valence-electron chi connectivity index (χ2n) is 8.86. The van der Waals surface area contributed by atoms with Crippen molar-refractivity contribution in [3.63, 3.8) is 0 Å². The molecule has 33 heavy (non-hydrogen) atoms. The molecule has 1 aromatic carbocycles. The Morgan fingerprint density at radius 2 is 2.06 bits per heavy atom. The van der Waals surface area contributed by atoms with E-state index in [1.54, 1.807) is 17.7 Å². The molecule has 176 valence electrons. The highest BCUT2D eigenvalue weighted by Crippen LogP contribution is 2.45. The molecule has 1 fully saturated rings. The summed E-state index contributed by atoms with van der Waals surface area (Å²) in [5.41, 5.74) is -1.51. The van der Waals surface area contributed by atoms with E-state index in [9.17, 15) is 23.9 Å². The fourth-order valence-corrected chi connectivity index (χ4v) is 4.98. The molecule has 2 heterocycles. The number of fused-ring (bicyclic) bond motifs is 2. The van der Waals surface area contributed by atoms with Gasteiger partial charge in [-0.15, -0.1) is 0 Å². The number of carbonyl (C=O) groups is 2. The van der Waals surface area contributed by atoms with Crippen molar-refractivity contribution in [1.82, 2.24) is 9.47 Å². The summed E-state index contributed by atoms with van der Waals surface area (Å²) in [5, 5.41) is 10.6. The molecule has 1 aliphatic carbocycles. The van der Waals surface area contributed by atoms with Crippen LogP contribution in [0.5, 0.6) is 5.75 Å². The van der Waals surface area contributed by atoms with Crippen molar-refractivity contribution in [3.8, 4) is 5.75 Å². The Hall–Kier alpha value is -2.71. The number of aromatic hydroxyl groups is 1. The number of carbonyl (C=O) groups excluding carboxylic acids is 2. The van der Waals surface area contributed by atoms with Gasteiger partial charge >= 0.3 is 0 Å². The van der Waals surface area contributed by atoms with E-state index in [2.05, 4.69) is 0 Å². The van der Waals surface area contributed by atoms with E-state index < -0.39 is 34.2 Å². The van der Waals surface area contributed by atoms with Crippen LogP contribution in [0.4, 0.5) is 4.39 Å². The van der Waals surface area contributed by atoms with Gasteiger partial charge in [-0.2, -0.15) is 0 Å². The molecular formula is C24H26ClFN2O5. The number of rotatable bonds is 7. The summed E-state index contributed by atoms with van der Waals surface area (Å²) in [6, 6.07) is 4.53. The summed E-state index contributed by atoms with van der Waals surface area (Å²) in [7, 11) is 1.62. The highest BCUT2D eigenvalue weighted by Gasteiger charge is 2.52. The fourth-order valence-electron chi connectivity index (χ4n) is 4.79. The second kappa shape index (κ2) is 8.91. The Morgan fingerprint density at radius 1 is 1.33 bits per heavy atom. The van der Waals surface area contributed by atoms with E-state index in [0.29, 0.717) is 26.0 Å². The summed E-state index contributed by atoms with van der Waals surface area (Å²) in [5.74, 6) is -2.35. The first kappa shape index (κ1) is 23.4. The van der Waals surface area contributed by atoms with Gasteiger partial charge in [0.25, 0.3) is 5.91 Å². The van der Waals surface area contributed by atoms with Gasteiger partial charge in [-0.1, -0.05) is 30.7 Å². The lowest BCUT2D eigenvalue weighted by molar-refractivity contribution is -0.0859. The minimum atomic E-state index is -0.894. The number of aryl methyl sites for hydroxylation is 1. The summed E-state index contributed by atoms with van der Waals surface area (Å²) in [4.78, 5) is 40.0. The number of halogens is 2. The van der Waals surface area contributed by atoms with Crippen molar-refractivity contribution in [1.29, 1.82) is 0 Å². The Kier molecular flexibility index (Phi) is 6.33. The molecule has 1 amide bonds. The zero-order valence-electron chi connectivity index (χ0n) is 18.6. The molecular weight excluding hydrogens is 451 g/mol. The minimum Gasteiger partial charge on any atom is -0.503 e. The molecule has 1 aromatic heterocycles. The van der Waals surface area contributed by atoms with Gasteiger partial charge in [0.2, 0.25) is 5.43 Å². The lowest BCUT2D eigenvalue weighted by Crippen LogP contribution is -2.61. The Morgan fingerprint density at radius 3 is 2.76 bits per heavy atom. The Bertz CT molecular complexity index is 1170. The molecule has 9 heteroatoms. The third-order valence-electron chi connectivity index (χ3n) is 6.50. The molecule has 1 N–H and O–H groups in total. The van der Waals surface area contributed by atoms with Gasteiger partial charge in [-0.05, 0) is 37.3 Å². The number of ether oxygens (including phenoxy) is 1. The molecule has 2 aliphatic rings. The van der Waals surface area contributed by atoms with Crippen LogP contribution in [0.15, 0.2) is 29.2 Å². The Balaban J connectivity index is 1.66. The molecule has 0 bridgehead atoms. The average Bonchev–Trinajstić information content (AvgIpc) is 2.76. The summed E-state index contributed by atoms with van der Waals surface area (Å²) >= 11 is 5.80. The number of nitrogens with zero attached hydrogens (tertiary/aromatic N) is 2. The molecule has 1 aliphatic heterocycles. The smallest absolute Gasteiger partial charge is 0.274 e. The maximum atomic E-state index is 14.2. The standard InChI is InChI=1S/C24H26ClFN2O5/c1-3-9-33-15-10-24(11-15)13-27(2)23(32)20-22(31)21(30)16(12-28(20)24)18(29)8-7-14-5-4-6-17(25)19(14)26/h4-6,12,15,31H,3,7-11,13H2,1-2H3. The van der Waals surface area contributed by atoms with E-state index in [1.165, 1.54) is 23.2 Å². The molecule has 0 unspecified atom stereocenters. The number of hydrogen-bond acceptors (Lipinski definition) is 5. The van der Waals surface area contributed by atoms with E-state index in [1.807, 2.05) is 6.92 Å². The number of hydrogen-bond donors (Lipinski definition) is 1. The first-order valence-electron chi connectivity index (χ1n) is 11.0. The molecule has 1 spiro atoms.